The van der Waals surface area contributed by atoms with Crippen LogP contribution in [0.3, 0.4) is 0 Å². The molecule has 1 saturated heterocycles. The van der Waals surface area contributed by atoms with Crippen LogP contribution in [-0.2, 0) is 10.0 Å². The third-order valence-electron chi connectivity index (χ3n) is 6.12. The zero-order valence-electron chi connectivity index (χ0n) is 17.0. The van der Waals surface area contributed by atoms with Gasteiger partial charge in [-0.25, -0.2) is 22.2 Å². The molecule has 2 aliphatic heterocycles. The molecule has 0 aliphatic carbocycles. The van der Waals surface area contributed by atoms with Gasteiger partial charge in [0.05, 0.1) is 13.4 Å². The predicted molar refractivity (Wildman–Crippen MR) is 114 cm³/mol. The number of aromatic nitrogens is 2. The highest BCUT2D eigenvalue weighted by atomic mass is 32.2. The highest BCUT2D eigenvalue weighted by Crippen LogP contribution is 2.42. The quantitative estimate of drug-likeness (QED) is 0.656. The van der Waals surface area contributed by atoms with Gasteiger partial charge < -0.3 is 9.72 Å². The van der Waals surface area contributed by atoms with Crippen molar-refractivity contribution in [2.75, 3.05) is 13.4 Å². The molecular weight excluding hydrogens is 424 g/mol. The van der Waals surface area contributed by atoms with Gasteiger partial charge in [0.25, 0.3) is 0 Å². The van der Waals surface area contributed by atoms with E-state index in [-0.39, 0.29) is 17.8 Å². The highest BCUT2D eigenvalue weighted by Gasteiger charge is 2.42. The van der Waals surface area contributed by atoms with Gasteiger partial charge in [0.1, 0.15) is 11.4 Å². The summed E-state index contributed by atoms with van der Waals surface area (Å²) in [5, 5.41) is 0.751. The van der Waals surface area contributed by atoms with Gasteiger partial charge in [-0.05, 0) is 48.6 Å². The molecule has 1 fully saturated rings. The van der Waals surface area contributed by atoms with Crippen molar-refractivity contribution in [3.8, 4) is 16.9 Å². The lowest BCUT2D eigenvalue weighted by Crippen LogP contribution is -2.42. The van der Waals surface area contributed by atoms with Crippen molar-refractivity contribution in [3.05, 3.63) is 53.9 Å². The average molecular weight is 445 g/mol. The van der Waals surface area contributed by atoms with Crippen molar-refractivity contribution >= 4 is 26.6 Å². The summed E-state index contributed by atoms with van der Waals surface area (Å²) in [6.07, 6.45) is 7.10. The molecule has 0 spiro atoms. The second-order valence-corrected chi connectivity index (χ2v) is 9.95. The lowest BCUT2D eigenvalue weighted by molar-refractivity contribution is 0.348. The number of nitrogens with zero attached hydrogens (tertiary/aromatic N) is 2. The third kappa shape index (κ3) is 3.32. The average Bonchev–Trinajstić information content (AvgIpc) is 3.28. The highest BCUT2D eigenvalue weighted by molar-refractivity contribution is 7.88. The molecule has 4 heterocycles. The summed E-state index contributed by atoms with van der Waals surface area (Å²) in [5.41, 5.74) is 3.59. The van der Waals surface area contributed by atoms with Crippen LogP contribution in [-0.4, -0.2) is 48.1 Å². The number of H-pyrrole nitrogens is 1. The Bertz CT molecular complexity index is 1330. The zero-order valence-corrected chi connectivity index (χ0v) is 17.8. The molecule has 162 valence electrons. The summed E-state index contributed by atoms with van der Waals surface area (Å²) < 4.78 is 58.9. The summed E-state index contributed by atoms with van der Waals surface area (Å²) in [6.45, 7) is 0. The number of halogens is 2. The van der Waals surface area contributed by atoms with E-state index in [1.165, 1.54) is 13.4 Å². The van der Waals surface area contributed by atoms with Gasteiger partial charge in [-0.3, -0.25) is 0 Å². The predicted octanol–water partition coefficient (Wildman–Crippen LogP) is 4.10. The van der Waals surface area contributed by atoms with Crippen LogP contribution in [0.1, 0.15) is 25.0 Å². The first-order valence-corrected chi connectivity index (χ1v) is 11.8. The van der Waals surface area contributed by atoms with E-state index in [0.717, 1.165) is 41.6 Å². The van der Waals surface area contributed by atoms with Crippen LogP contribution in [0.5, 0.6) is 5.75 Å². The minimum atomic E-state index is -3.26. The van der Waals surface area contributed by atoms with Crippen molar-refractivity contribution in [2.24, 2.45) is 0 Å². The normalized spacial score (nSPS) is 21.5. The van der Waals surface area contributed by atoms with Crippen LogP contribution in [0.4, 0.5) is 8.78 Å². The van der Waals surface area contributed by atoms with Gasteiger partial charge in [0, 0.05) is 41.0 Å². The maximum Gasteiger partial charge on any atom is 0.212 e. The number of hydrogen-bond acceptors (Lipinski definition) is 4. The number of pyridine rings is 1. The molecule has 31 heavy (non-hydrogen) atoms. The van der Waals surface area contributed by atoms with Gasteiger partial charge in [-0.1, -0.05) is 6.08 Å². The first-order valence-electron chi connectivity index (χ1n) is 9.97. The van der Waals surface area contributed by atoms with E-state index in [9.17, 15) is 17.2 Å². The Hall–Kier alpha value is -2.78. The van der Waals surface area contributed by atoms with E-state index in [0.29, 0.717) is 23.2 Å². The molecule has 0 amide bonds. The fraction of sp³-hybridized carbons (Fsp3) is 0.318. The summed E-state index contributed by atoms with van der Waals surface area (Å²) >= 11 is 0. The SMILES string of the molecule is COc1cc(F)c(F)cc1-c1ccnc2[nH]c(C3=CC4CCC(C3)N4S(C)(=O)=O)cc12. The summed E-state index contributed by atoms with van der Waals surface area (Å²) in [7, 11) is -1.85. The molecule has 3 aromatic rings. The Morgan fingerprint density at radius 3 is 2.65 bits per heavy atom. The van der Waals surface area contributed by atoms with Crippen molar-refractivity contribution in [2.45, 2.75) is 31.3 Å². The molecule has 2 aromatic heterocycles. The Labute approximate surface area is 178 Å². The van der Waals surface area contributed by atoms with E-state index < -0.39 is 21.7 Å². The molecule has 1 aromatic carbocycles. The van der Waals surface area contributed by atoms with Crippen LogP contribution < -0.4 is 4.74 Å². The Morgan fingerprint density at radius 1 is 1.16 bits per heavy atom. The second-order valence-electron chi connectivity index (χ2n) is 8.06. The zero-order chi connectivity index (χ0) is 21.9. The Kier molecular flexibility index (Phi) is 4.63. The maximum absolute atomic E-state index is 14.0. The number of benzene rings is 1. The summed E-state index contributed by atoms with van der Waals surface area (Å²) in [6, 6.07) is 5.63. The van der Waals surface area contributed by atoms with E-state index in [4.69, 9.17) is 4.74 Å². The van der Waals surface area contributed by atoms with E-state index in [1.54, 1.807) is 16.6 Å². The number of ether oxygens (including phenoxy) is 1. The van der Waals surface area contributed by atoms with Crippen LogP contribution in [0.15, 0.2) is 36.5 Å². The van der Waals surface area contributed by atoms with Gasteiger partial charge >= 0.3 is 0 Å². The number of aromatic amines is 1. The van der Waals surface area contributed by atoms with Gasteiger partial charge in [-0.2, -0.15) is 4.31 Å². The number of sulfonamides is 1. The van der Waals surface area contributed by atoms with E-state index in [1.807, 2.05) is 12.1 Å². The maximum atomic E-state index is 14.0. The summed E-state index contributed by atoms with van der Waals surface area (Å²) in [5.74, 6) is -1.70. The molecule has 1 N–H and O–H groups in total. The third-order valence-corrected chi connectivity index (χ3v) is 7.46. The second kappa shape index (κ2) is 7.13. The number of fused-ring (bicyclic) bond motifs is 3. The molecule has 9 heteroatoms. The molecule has 2 bridgehead atoms. The largest absolute Gasteiger partial charge is 0.496 e. The number of methoxy groups -OCH3 is 1. The molecule has 2 aliphatic rings. The van der Waals surface area contributed by atoms with E-state index in [2.05, 4.69) is 9.97 Å². The van der Waals surface area contributed by atoms with Gasteiger partial charge in [0.2, 0.25) is 10.0 Å². The standard InChI is InChI=1S/C22H21F2N3O3S/c1-30-21-11-19(24)18(23)9-16(21)15-5-6-25-22-17(15)10-20(26-22)12-7-13-3-4-14(8-12)27(13)31(2,28)29/h5-7,9-11,13-14H,3-4,8H2,1-2H3,(H,25,26). The first-order chi connectivity index (χ1) is 14.8. The van der Waals surface area contributed by atoms with Gasteiger partial charge in [-0.15, -0.1) is 0 Å². The van der Waals surface area contributed by atoms with Crippen LogP contribution in [0, 0.1) is 11.6 Å². The number of nitrogens with one attached hydrogen (secondary N) is 1. The van der Waals surface area contributed by atoms with Crippen molar-refractivity contribution in [1.29, 1.82) is 0 Å². The van der Waals surface area contributed by atoms with Crippen LogP contribution in [0.25, 0.3) is 27.7 Å². The molecule has 5 rings (SSSR count). The number of hydrogen-bond donors (Lipinski definition) is 1. The number of rotatable bonds is 4. The fourth-order valence-electron chi connectivity index (χ4n) is 4.85. The van der Waals surface area contributed by atoms with Crippen molar-refractivity contribution in [1.82, 2.24) is 14.3 Å². The lowest BCUT2D eigenvalue weighted by Gasteiger charge is -2.31. The topological polar surface area (TPSA) is 75.3 Å². The van der Waals surface area contributed by atoms with Crippen LogP contribution >= 0.6 is 0 Å². The molecular formula is C22H21F2N3O3S. The monoisotopic (exact) mass is 445 g/mol. The Balaban J connectivity index is 1.60. The Morgan fingerprint density at radius 2 is 1.94 bits per heavy atom. The smallest absolute Gasteiger partial charge is 0.212 e. The first kappa shape index (κ1) is 20.1. The molecule has 2 atom stereocenters. The van der Waals surface area contributed by atoms with E-state index >= 15 is 0 Å². The van der Waals surface area contributed by atoms with Crippen LogP contribution in [0.2, 0.25) is 0 Å². The fourth-order valence-corrected chi connectivity index (χ4v) is 6.23. The summed E-state index contributed by atoms with van der Waals surface area (Å²) in [4.78, 5) is 7.69. The van der Waals surface area contributed by atoms with Crippen molar-refractivity contribution in [3.63, 3.8) is 0 Å². The molecule has 2 unspecified atom stereocenters. The molecule has 0 radical (unpaired) electrons. The minimum absolute atomic E-state index is 0.0508. The minimum Gasteiger partial charge on any atom is -0.496 e. The van der Waals surface area contributed by atoms with Crippen molar-refractivity contribution < 1.29 is 21.9 Å². The van der Waals surface area contributed by atoms with Gasteiger partial charge in [0.15, 0.2) is 11.6 Å². The molecule has 0 saturated carbocycles. The molecule has 6 nitrogen and oxygen atoms in total. The lowest BCUT2D eigenvalue weighted by atomic mass is 9.99.